The number of aryl methyl sites for hydroxylation is 1. The van der Waals surface area contributed by atoms with Gasteiger partial charge in [-0.1, -0.05) is 12.8 Å². The molecule has 2 heterocycles. The van der Waals surface area contributed by atoms with Crippen LogP contribution in [0.2, 0.25) is 0 Å². The maximum atomic E-state index is 12.7. The lowest BCUT2D eigenvalue weighted by Gasteiger charge is -2.38. The number of nitrogens with one attached hydrogen (secondary N) is 1. The second-order valence-electron chi connectivity index (χ2n) is 6.20. The number of aromatic nitrogens is 2. The average molecular weight is 328 g/mol. The van der Waals surface area contributed by atoms with Crippen LogP contribution >= 0.6 is 0 Å². The van der Waals surface area contributed by atoms with E-state index in [1.54, 1.807) is 11.6 Å². The molecule has 2 atom stereocenters. The van der Waals surface area contributed by atoms with Crippen LogP contribution in [0.15, 0.2) is 17.6 Å². The van der Waals surface area contributed by atoms with E-state index in [0.717, 1.165) is 19.3 Å². The summed E-state index contributed by atoms with van der Waals surface area (Å²) in [6.45, 7) is 0.530. The highest BCUT2D eigenvalue weighted by molar-refractivity contribution is 7.89. The number of hydrogen-bond donors (Lipinski definition) is 2. The number of amides is 1. The fourth-order valence-corrected chi connectivity index (χ4v) is 5.19. The Hall–Kier alpha value is -1.61. The summed E-state index contributed by atoms with van der Waals surface area (Å²) in [5, 5.41) is 11.7. The van der Waals surface area contributed by atoms with Crippen LogP contribution in [0, 0.1) is 5.92 Å². The first-order chi connectivity index (χ1) is 10.3. The van der Waals surface area contributed by atoms with Crippen LogP contribution < -0.4 is 5.32 Å². The molecule has 1 saturated heterocycles. The Kier molecular flexibility index (Phi) is 3.64. The molecule has 2 fully saturated rings. The van der Waals surface area contributed by atoms with Gasteiger partial charge in [-0.05, 0) is 18.8 Å². The van der Waals surface area contributed by atoms with Crippen molar-refractivity contribution in [1.82, 2.24) is 19.2 Å². The molecule has 0 spiro atoms. The molecule has 8 nitrogen and oxygen atoms in total. The second kappa shape index (κ2) is 5.24. The fourth-order valence-electron chi connectivity index (χ4n) is 3.67. The van der Waals surface area contributed by atoms with Crippen LogP contribution in [-0.2, 0) is 17.1 Å². The zero-order chi connectivity index (χ0) is 16.0. The molecule has 3 rings (SSSR count). The Morgan fingerprint density at radius 1 is 1.50 bits per heavy atom. The number of carbonyl (C=O) groups is 1. The standard InChI is InChI=1S/C13H20N4O4S/c1-16-7-11(14-9-16)22(20,21)17-6-10-4-2-3-5-13(10,8-17)15-12(18)19/h7,9-10,15H,2-6,8H2,1H3,(H,18,19). The van der Waals surface area contributed by atoms with Gasteiger partial charge in [0.15, 0.2) is 5.03 Å². The zero-order valence-corrected chi connectivity index (χ0v) is 13.2. The number of fused-ring (bicyclic) bond motifs is 1. The molecule has 122 valence electrons. The lowest BCUT2D eigenvalue weighted by molar-refractivity contribution is 0.149. The first-order valence-corrected chi connectivity index (χ1v) is 8.77. The van der Waals surface area contributed by atoms with Crippen LogP contribution in [0.25, 0.3) is 0 Å². The highest BCUT2D eigenvalue weighted by Crippen LogP contribution is 2.41. The van der Waals surface area contributed by atoms with Crippen LogP contribution in [0.3, 0.4) is 0 Å². The van der Waals surface area contributed by atoms with Crippen molar-refractivity contribution in [2.45, 2.75) is 36.2 Å². The Balaban J connectivity index is 1.89. The molecule has 1 amide bonds. The lowest BCUT2D eigenvalue weighted by Crippen LogP contribution is -2.55. The molecule has 0 aromatic carbocycles. The third-order valence-corrected chi connectivity index (χ3v) is 6.43. The molecule has 2 N–H and O–H groups in total. The molecule has 1 aromatic rings. The summed E-state index contributed by atoms with van der Waals surface area (Å²) in [5.74, 6) is 0.0239. The number of rotatable bonds is 3. The van der Waals surface area contributed by atoms with Gasteiger partial charge in [0.2, 0.25) is 0 Å². The summed E-state index contributed by atoms with van der Waals surface area (Å²) in [6, 6.07) is 0. The van der Waals surface area contributed by atoms with Gasteiger partial charge < -0.3 is 15.0 Å². The van der Waals surface area contributed by atoms with Crippen molar-refractivity contribution in [3.8, 4) is 0 Å². The maximum Gasteiger partial charge on any atom is 0.405 e. The van der Waals surface area contributed by atoms with Crippen molar-refractivity contribution in [3.05, 3.63) is 12.5 Å². The van der Waals surface area contributed by atoms with E-state index in [9.17, 15) is 13.2 Å². The molecule has 1 aromatic heterocycles. The summed E-state index contributed by atoms with van der Waals surface area (Å²) in [6.07, 6.45) is 5.26. The van der Waals surface area contributed by atoms with Crippen LogP contribution in [0.1, 0.15) is 25.7 Å². The van der Waals surface area contributed by atoms with E-state index in [1.807, 2.05) is 0 Å². The quantitative estimate of drug-likeness (QED) is 0.846. The summed E-state index contributed by atoms with van der Waals surface area (Å²) in [4.78, 5) is 15.1. The van der Waals surface area contributed by atoms with E-state index in [0.29, 0.717) is 13.0 Å². The van der Waals surface area contributed by atoms with Crippen LogP contribution in [-0.4, -0.2) is 52.1 Å². The van der Waals surface area contributed by atoms with Gasteiger partial charge in [0.1, 0.15) is 0 Å². The predicted molar refractivity (Wildman–Crippen MR) is 77.8 cm³/mol. The molecule has 1 saturated carbocycles. The maximum absolute atomic E-state index is 12.7. The van der Waals surface area contributed by atoms with Gasteiger partial charge in [-0.15, -0.1) is 0 Å². The molecule has 1 aliphatic heterocycles. The smallest absolute Gasteiger partial charge is 0.405 e. The molecule has 2 aliphatic rings. The van der Waals surface area contributed by atoms with Crippen molar-refractivity contribution in [2.75, 3.05) is 13.1 Å². The van der Waals surface area contributed by atoms with Gasteiger partial charge >= 0.3 is 6.09 Å². The number of hydrogen-bond acceptors (Lipinski definition) is 4. The molecule has 2 unspecified atom stereocenters. The lowest BCUT2D eigenvalue weighted by atomic mass is 9.75. The number of imidazole rings is 1. The molecule has 22 heavy (non-hydrogen) atoms. The highest BCUT2D eigenvalue weighted by atomic mass is 32.2. The van der Waals surface area contributed by atoms with E-state index in [1.165, 1.54) is 16.8 Å². The molecular formula is C13H20N4O4S. The molecule has 0 bridgehead atoms. The van der Waals surface area contributed by atoms with Gasteiger partial charge in [-0.25, -0.2) is 18.2 Å². The summed E-state index contributed by atoms with van der Waals surface area (Å²) in [7, 11) is -1.97. The Bertz CT molecular complexity index is 686. The SMILES string of the molecule is Cn1cnc(S(=O)(=O)N2CC3CCCCC3(NC(=O)O)C2)c1. The molecular weight excluding hydrogens is 308 g/mol. The second-order valence-corrected chi connectivity index (χ2v) is 8.09. The van der Waals surface area contributed by atoms with E-state index in [4.69, 9.17) is 5.11 Å². The van der Waals surface area contributed by atoms with Crippen LogP contribution in [0.4, 0.5) is 4.79 Å². The number of carboxylic acid groups (broad SMARTS) is 1. The van der Waals surface area contributed by atoms with Crippen molar-refractivity contribution >= 4 is 16.1 Å². The van der Waals surface area contributed by atoms with Crippen molar-refractivity contribution < 1.29 is 18.3 Å². The topological polar surface area (TPSA) is 105 Å². The summed E-state index contributed by atoms with van der Waals surface area (Å²) < 4.78 is 28.3. The zero-order valence-electron chi connectivity index (χ0n) is 12.4. The number of nitrogens with zero attached hydrogens (tertiary/aromatic N) is 3. The highest BCUT2D eigenvalue weighted by Gasteiger charge is 2.52. The van der Waals surface area contributed by atoms with Gasteiger partial charge in [0.25, 0.3) is 10.0 Å². The van der Waals surface area contributed by atoms with Gasteiger partial charge in [-0.2, -0.15) is 4.31 Å². The van der Waals surface area contributed by atoms with Gasteiger partial charge in [0, 0.05) is 26.3 Å². The minimum Gasteiger partial charge on any atom is -0.465 e. The van der Waals surface area contributed by atoms with Crippen molar-refractivity contribution in [2.24, 2.45) is 13.0 Å². The molecule has 0 radical (unpaired) electrons. The third-order valence-electron chi connectivity index (χ3n) is 4.73. The summed E-state index contributed by atoms with van der Waals surface area (Å²) in [5.41, 5.74) is -0.661. The molecule has 9 heteroatoms. The first kappa shape index (κ1) is 15.3. The summed E-state index contributed by atoms with van der Waals surface area (Å²) >= 11 is 0. The van der Waals surface area contributed by atoms with Crippen LogP contribution in [0.5, 0.6) is 0 Å². The largest absolute Gasteiger partial charge is 0.465 e. The van der Waals surface area contributed by atoms with Crippen molar-refractivity contribution in [1.29, 1.82) is 0 Å². The minimum atomic E-state index is -3.68. The van der Waals surface area contributed by atoms with E-state index in [2.05, 4.69) is 10.3 Å². The Labute approximate surface area is 129 Å². The number of sulfonamides is 1. The van der Waals surface area contributed by atoms with Gasteiger partial charge in [-0.3, -0.25) is 0 Å². The predicted octanol–water partition coefficient (Wildman–Crippen LogP) is 0.621. The monoisotopic (exact) mass is 328 g/mol. The first-order valence-electron chi connectivity index (χ1n) is 7.33. The molecule has 1 aliphatic carbocycles. The Morgan fingerprint density at radius 3 is 2.91 bits per heavy atom. The fraction of sp³-hybridized carbons (Fsp3) is 0.692. The van der Waals surface area contributed by atoms with E-state index in [-0.39, 0.29) is 17.5 Å². The normalized spacial score (nSPS) is 29.2. The van der Waals surface area contributed by atoms with E-state index < -0.39 is 21.7 Å². The average Bonchev–Trinajstić information content (AvgIpc) is 3.02. The van der Waals surface area contributed by atoms with Gasteiger partial charge in [0.05, 0.1) is 11.9 Å². The third kappa shape index (κ3) is 2.48. The van der Waals surface area contributed by atoms with E-state index >= 15 is 0 Å². The Morgan fingerprint density at radius 2 is 2.27 bits per heavy atom. The van der Waals surface area contributed by atoms with Crippen molar-refractivity contribution in [3.63, 3.8) is 0 Å². The minimum absolute atomic E-state index is 0.0131.